The van der Waals surface area contributed by atoms with Crippen molar-refractivity contribution < 1.29 is 4.79 Å². The van der Waals surface area contributed by atoms with E-state index in [1.54, 1.807) is 0 Å². The SMILES string of the molecule is O=C(C1CC12CCCCC2)N1CCc2ccsc2C1. The van der Waals surface area contributed by atoms with Gasteiger partial charge >= 0.3 is 0 Å². The second-order valence-electron chi connectivity index (χ2n) is 6.56. The first-order valence-corrected chi connectivity index (χ1v) is 8.51. The van der Waals surface area contributed by atoms with Crippen LogP contribution < -0.4 is 0 Å². The molecule has 0 bridgehead atoms. The fourth-order valence-electron chi connectivity index (χ4n) is 4.15. The van der Waals surface area contributed by atoms with E-state index in [2.05, 4.69) is 16.3 Å². The van der Waals surface area contributed by atoms with E-state index in [9.17, 15) is 4.79 Å². The van der Waals surface area contributed by atoms with E-state index in [1.807, 2.05) is 11.3 Å². The van der Waals surface area contributed by atoms with Crippen LogP contribution in [0.4, 0.5) is 0 Å². The predicted octanol–water partition coefficient (Wildman–Crippen LogP) is 3.60. The summed E-state index contributed by atoms with van der Waals surface area (Å²) < 4.78 is 0. The third-order valence-electron chi connectivity index (χ3n) is 5.47. The van der Waals surface area contributed by atoms with Gasteiger partial charge in [-0.25, -0.2) is 0 Å². The fourth-order valence-corrected chi connectivity index (χ4v) is 5.10. The van der Waals surface area contributed by atoms with Gasteiger partial charge in [0.25, 0.3) is 0 Å². The van der Waals surface area contributed by atoms with Crippen molar-refractivity contribution in [2.45, 2.75) is 51.5 Å². The van der Waals surface area contributed by atoms with E-state index < -0.39 is 0 Å². The highest BCUT2D eigenvalue weighted by Gasteiger charge is 2.58. The third kappa shape index (κ3) is 1.94. The maximum atomic E-state index is 12.7. The molecule has 1 aromatic rings. The molecule has 0 aromatic carbocycles. The zero-order chi connectivity index (χ0) is 12.9. The Balaban J connectivity index is 1.45. The molecule has 2 fully saturated rings. The van der Waals surface area contributed by atoms with Gasteiger partial charge in [0.1, 0.15) is 0 Å². The van der Waals surface area contributed by atoms with Crippen molar-refractivity contribution >= 4 is 17.2 Å². The van der Waals surface area contributed by atoms with Gasteiger partial charge in [0.15, 0.2) is 0 Å². The number of thiophene rings is 1. The normalized spacial score (nSPS) is 28.2. The second kappa shape index (κ2) is 4.34. The van der Waals surface area contributed by atoms with Crippen molar-refractivity contribution in [3.8, 4) is 0 Å². The number of hydrogen-bond donors (Lipinski definition) is 0. The van der Waals surface area contributed by atoms with Gasteiger partial charge in [-0.2, -0.15) is 0 Å². The van der Waals surface area contributed by atoms with E-state index in [4.69, 9.17) is 0 Å². The molecule has 0 radical (unpaired) electrons. The molecular formula is C16H21NOS. The molecule has 3 heteroatoms. The molecule has 0 N–H and O–H groups in total. The third-order valence-corrected chi connectivity index (χ3v) is 6.42. The van der Waals surface area contributed by atoms with Gasteiger partial charge in [-0.05, 0) is 48.1 Å². The molecule has 2 saturated carbocycles. The molecule has 19 heavy (non-hydrogen) atoms. The lowest BCUT2D eigenvalue weighted by molar-refractivity contribution is -0.134. The number of amides is 1. The summed E-state index contributed by atoms with van der Waals surface area (Å²) in [4.78, 5) is 16.2. The molecule has 1 aliphatic heterocycles. The minimum Gasteiger partial charge on any atom is -0.337 e. The number of carbonyl (C=O) groups is 1. The summed E-state index contributed by atoms with van der Waals surface area (Å²) in [5, 5.41) is 2.17. The number of nitrogens with zero attached hydrogens (tertiary/aromatic N) is 1. The van der Waals surface area contributed by atoms with Gasteiger partial charge in [0.05, 0.1) is 6.54 Å². The summed E-state index contributed by atoms with van der Waals surface area (Å²) in [6.07, 6.45) is 8.93. The molecule has 1 amide bonds. The Kier molecular flexibility index (Phi) is 2.73. The maximum Gasteiger partial charge on any atom is 0.226 e. The summed E-state index contributed by atoms with van der Waals surface area (Å²) >= 11 is 1.81. The first-order chi connectivity index (χ1) is 9.28. The van der Waals surface area contributed by atoms with Gasteiger partial charge in [-0.15, -0.1) is 11.3 Å². The molecule has 4 rings (SSSR count). The Hall–Kier alpha value is -0.830. The van der Waals surface area contributed by atoms with Crippen LogP contribution in [0, 0.1) is 11.3 Å². The maximum absolute atomic E-state index is 12.7. The number of fused-ring (bicyclic) bond motifs is 1. The topological polar surface area (TPSA) is 20.3 Å². The zero-order valence-electron chi connectivity index (χ0n) is 11.4. The van der Waals surface area contributed by atoms with Crippen LogP contribution in [-0.4, -0.2) is 17.4 Å². The average Bonchev–Trinajstić information content (AvgIpc) is 2.93. The molecule has 2 heterocycles. The van der Waals surface area contributed by atoms with Crippen molar-refractivity contribution in [3.05, 3.63) is 21.9 Å². The van der Waals surface area contributed by atoms with Gasteiger partial charge in [0.2, 0.25) is 5.91 Å². The van der Waals surface area contributed by atoms with Gasteiger partial charge < -0.3 is 4.90 Å². The standard InChI is InChI=1S/C16H21NOS/c18-15(13-10-16(13)6-2-1-3-7-16)17-8-4-12-5-9-19-14(12)11-17/h5,9,13H,1-4,6-8,10-11H2. The minimum absolute atomic E-state index is 0.370. The smallest absolute Gasteiger partial charge is 0.226 e. The van der Waals surface area contributed by atoms with Crippen molar-refractivity contribution in [3.63, 3.8) is 0 Å². The Bertz CT molecular complexity index is 501. The van der Waals surface area contributed by atoms with Crippen LogP contribution in [-0.2, 0) is 17.8 Å². The average molecular weight is 275 g/mol. The van der Waals surface area contributed by atoms with Crippen LogP contribution in [0.2, 0.25) is 0 Å². The van der Waals surface area contributed by atoms with Crippen LogP contribution in [0.3, 0.4) is 0 Å². The molecular weight excluding hydrogens is 254 g/mol. The molecule has 1 atom stereocenters. The highest BCUT2D eigenvalue weighted by molar-refractivity contribution is 7.10. The highest BCUT2D eigenvalue weighted by atomic mass is 32.1. The summed E-state index contributed by atoms with van der Waals surface area (Å²) in [5.74, 6) is 0.829. The second-order valence-corrected chi connectivity index (χ2v) is 7.56. The summed E-state index contributed by atoms with van der Waals surface area (Å²) in [6, 6.07) is 2.22. The Morgan fingerprint density at radius 2 is 2.16 bits per heavy atom. The molecule has 2 aliphatic carbocycles. The molecule has 2 nitrogen and oxygen atoms in total. The molecule has 1 spiro atoms. The lowest BCUT2D eigenvalue weighted by Gasteiger charge is -2.29. The van der Waals surface area contributed by atoms with Crippen molar-refractivity contribution in [1.29, 1.82) is 0 Å². The van der Waals surface area contributed by atoms with Crippen LogP contribution in [0.15, 0.2) is 11.4 Å². The van der Waals surface area contributed by atoms with Crippen LogP contribution in [0.1, 0.15) is 49.0 Å². The number of rotatable bonds is 1. The van der Waals surface area contributed by atoms with E-state index in [0.717, 1.165) is 19.5 Å². The number of carbonyl (C=O) groups excluding carboxylic acids is 1. The lowest BCUT2D eigenvalue weighted by atomic mass is 9.84. The quantitative estimate of drug-likeness (QED) is 0.767. The van der Waals surface area contributed by atoms with Gasteiger partial charge in [0, 0.05) is 17.3 Å². The van der Waals surface area contributed by atoms with E-state index in [0.29, 0.717) is 17.2 Å². The predicted molar refractivity (Wildman–Crippen MR) is 77.1 cm³/mol. The van der Waals surface area contributed by atoms with Crippen LogP contribution in [0.25, 0.3) is 0 Å². The summed E-state index contributed by atoms with van der Waals surface area (Å²) in [7, 11) is 0. The van der Waals surface area contributed by atoms with Crippen molar-refractivity contribution in [2.75, 3.05) is 6.54 Å². The molecule has 1 unspecified atom stereocenters. The monoisotopic (exact) mass is 275 g/mol. The van der Waals surface area contributed by atoms with Gasteiger partial charge in [-0.1, -0.05) is 19.3 Å². The first kappa shape index (κ1) is 12.0. The summed E-state index contributed by atoms with van der Waals surface area (Å²) in [6.45, 7) is 1.81. The van der Waals surface area contributed by atoms with E-state index in [1.165, 1.54) is 49.0 Å². The molecule has 0 saturated heterocycles. The lowest BCUT2D eigenvalue weighted by Crippen LogP contribution is -2.37. The van der Waals surface area contributed by atoms with Crippen molar-refractivity contribution in [1.82, 2.24) is 4.90 Å². The van der Waals surface area contributed by atoms with Gasteiger partial charge in [-0.3, -0.25) is 4.79 Å². The van der Waals surface area contributed by atoms with Crippen molar-refractivity contribution in [2.24, 2.45) is 11.3 Å². The van der Waals surface area contributed by atoms with Crippen LogP contribution in [0.5, 0.6) is 0 Å². The molecule has 1 aromatic heterocycles. The van der Waals surface area contributed by atoms with E-state index in [-0.39, 0.29) is 0 Å². The summed E-state index contributed by atoms with van der Waals surface area (Å²) in [5.41, 5.74) is 1.91. The Labute approximate surface area is 118 Å². The highest BCUT2D eigenvalue weighted by Crippen LogP contribution is 2.62. The van der Waals surface area contributed by atoms with E-state index >= 15 is 0 Å². The fraction of sp³-hybridized carbons (Fsp3) is 0.688. The zero-order valence-corrected chi connectivity index (χ0v) is 12.2. The molecule has 3 aliphatic rings. The van der Waals surface area contributed by atoms with Crippen LogP contribution >= 0.6 is 11.3 Å². The minimum atomic E-state index is 0.370. The number of hydrogen-bond acceptors (Lipinski definition) is 2. The Morgan fingerprint density at radius 3 is 3.00 bits per heavy atom. The largest absolute Gasteiger partial charge is 0.337 e. The Morgan fingerprint density at radius 1 is 1.32 bits per heavy atom. The first-order valence-electron chi connectivity index (χ1n) is 7.63. The molecule has 102 valence electrons.